The van der Waals surface area contributed by atoms with Gasteiger partial charge in [-0.25, -0.2) is 19.8 Å². The quantitative estimate of drug-likeness (QED) is 0.701. The summed E-state index contributed by atoms with van der Waals surface area (Å²) in [5, 5.41) is 8.86. The molecule has 2 atom stereocenters. The van der Waals surface area contributed by atoms with Gasteiger partial charge >= 0.3 is 12.2 Å². The standard InChI is InChI=1S/C21H20ClF3N6O3/c1-12(14-8-26-19(27-9-14)21(23,24)25)28-20(33)31-10-16(30-6-7-34-11-17(30)32)18(29-31)13-2-4-15(22)5-3-13/h2-5,8-9,12,16H,6-7,10-11H2,1H3,(H,28,33)/t12-,16-/m1/s1. The van der Waals surface area contributed by atoms with E-state index in [1.165, 1.54) is 5.01 Å². The average molecular weight is 497 g/mol. The molecule has 0 spiro atoms. The van der Waals surface area contributed by atoms with E-state index in [0.29, 0.717) is 35.0 Å². The summed E-state index contributed by atoms with van der Waals surface area (Å²) >= 11 is 5.99. The van der Waals surface area contributed by atoms with Gasteiger partial charge < -0.3 is 15.0 Å². The Morgan fingerprint density at radius 2 is 1.91 bits per heavy atom. The van der Waals surface area contributed by atoms with Gasteiger partial charge in [-0.15, -0.1) is 0 Å². The average Bonchev–Trinajstić information content (AvgIpc) is 3.25. The molecule has 2 aliphatic rings. The molecular weight excluding hydrogens is 477 g/mol. The molecule has 4 rings (SSSR count). The van der Waals surface area contributed by atoms with Gasteiger partial charge in [0.25, 0.3) is 0 Å². The molecule has 2 aliphatic heterocycles. The van der Waals surface area contributed by atoms with E-state index < -0.39 is 30.1 Å². The van der Waals surface area contributed by atoms with Crippen LogP contribution in [0.4, 0.5) is 18.0 Å². The molecule has 1 N–H and O–H groups in total. The number of ether oxygens (including phenoxy) is 1. The van der Waals surface area contributed by atoms with Gasteiger partial charge in [0.05, 0.1) is 30.9 Å². The maximum absolute atomic E-state index is 12.9. The molecule has 1 fully saturated rings. The van der Waals surface area contributed by atoms with Crippen molar-refractivity contribution in [3.05, 3.63) is 58.6 Å². The van der Waals surface area contributed by atoms with Crippen molar-refractivity contribution in [2.45, 2.75) is 25.2 Å². The molecule has 2 aromatic rings. The van der Waals surface area contributed by atoms with Crippen LogP contribution in [-0.2, 0) is 15.7 Å². The SMILES string of the molecule is C[C@@H](NC(=O)N1C[C@@H](N2CCOCC2=O)C(c2ccc(Cl)cc2)=N1)c1cnc(C(F)(F)F)nc1. The number of aromatic nitrogens is 2. The number of halogens is 4. The molecule has 0 saturated carbocycles. The topological polar surface area (TPSA) is 100 Å². The lowest BCUT2D eigenvalue weighted by Crippen LogP contribution is -2.52. The molecule has 13 heteroatoms. The molecule has 0 unspecified atom stereocenters. The Balaban J connectivity index is 1.52. The van der Waals surface area contributed by atoms with Crippen LogP contribution in [0.15, 0.2) is 41.8 Å². The minimum atomic E-state index is -4.65. The van der Waals surface area contributed by atoms with Crippen molar-refractivity contribution in [1.82, 2.24) is 25.2 Å². The van der Waals surface area contributed by atoms with Crippen LogP contribution >= 0.6 is 11.6 Å². The van der Waals surface area contributed by atoms with Crippen molar-refractivity contribution in [1.29, 1.82) is 0 Å². The summed E-state index contributed by atoms with van der Waals surface area (Å²) in [7, 11) is 0. The molecule has 0 radical (unpaired) electrons. The van der Waals surface area contributed by atoms with E-state index in [-0.39, 0.29) is 19.1 Å². The van der Waals surface area contributed by atoms with Crippen LogP contribution in [0.25, 0.3) is 0 Å². The number of urea groups is 1. The third-order valence-electron chi connectivity index (χ3n) is 5.43. The van der Waals surface area contributed by atoms with Gasteiger partial charge in [-0.2, -0.15) is 18.3 Å². The lowest BCUT2D eigenvalue weighted by atomic mass is 10.0. The summed E-state index contributed by atoms with van der Waals surface area (Å²) in [6.45, 7) is 2.36. The van der Waals surface area contributed by atoms with Crippen molar-refractivity contribution in [2.75, 3.05) is 26.3 Å². The van der Waals surface area contributed by atoms with Crippen LogP contribution in [0.1, 0.15) is 29.9 Å². The zero-order valence-corrected chi connectivity index (χ0v) is 18.7. The summed E-state index contributed by atoms with van der Waals surface area (Å²) in [6, 6.07) is 5.12. The Hall–Kier alpha value is -3.25. The molecule has 3 amide bonds. The number of hydrogen-bond acceptors (Lipinski definition) is 6. The number of hydrazone groups is 1. The molecule has 1 saturated heterocycles. The highest BCUT2D eigenvalue weighted by Crippen LogP contribution is 2.26. The molecule has 1 aromatic carbocycles. The summed E-state index contributed by atoms with van der Waals surface area (Å²) in [5.41, 5.74) is 1.52. The summed E-state index contributed by atoms with van der Waals surface area (Å²) in [4.78, 5) is 33.7. The predicted octanol–water partition coefficient (Wildman–Crippen LogP) is 2.87. The second kappa shape index (κ2) is 9.55. The molecule has 3 heterocycles. The first-order valence-electron chi connectivity index (χ1n) is 10.3. The fourth-order valence-electron chi connectivity index (χ4n) is 3.64. The fourth-order valence-corrected chi connectivity index (χ4v) is 3.77. The van der Waals surface area contributed by atoms with E-state index in [4.69, 9.17) is 16.3 Å². The molecule has 1 aromatic heterocycles. The van der Waals surface area contributed by atoms with Crippen LogP contribution in [0, 0.1) is 0 Å². The van der Waals surface area contributed by atoms with Crippen molar-refractivity contribution >= 4 is 29.3 Å². The number of benzene rings is 1. The summed E-state index contributed by atoms with van der Waals surface area (Å²) < 4.78 is 43.3. The largest absolute Gasteiger partial charge is 0.451 e. The van der Waals surface area contributed by atoms with E-state index in [0.717, 1.165) is 12.4 Å². The highest BCUT2D eigenvalue weighted by Gasteiger charge is 2.39. The monoisotopic (exact) mass is 496 g/mol. The lowest BCUT2D eigenvalue weighted by Gasteiger charge is -2.32. The smallest absolute Gasteiger partial charge is 0.370 e. The van der Waals surface area contributed by atoms with Gasteiger partial charge in [-0.3, -0.25) is 4.79 Å². The number of nitrogens with one attached hydrogen (secondary N) is 1. The number of hydrogen-bond donors (Lipinski definition) is 1. The number of alkyl halides is 3. The molecule has 9 nitrogen and oxygen atoms in total. The Labute approximate surface area is 197 Å². The molecule has 0 aliphatic carbocycles. The second-order valence-corrected chi connectivity index (χ2v) is 8.18. The third kappa shape index (κ3) is 5.12. The van der Waals surface area contributed by atoms with Crippen molar-refractivity contribution in [3.8, 4) is 0 Å². The molecule has 0 bridgehead atoms. The zero-order valence-electron chi connectivity index (χ0n) is 17.9. The normalized spacial score (nSPS) is 19.7. The van der Waals surface area contributed by atoms with Crippen LogP contribution < -0.4 is 5.32 Å². The highest BCUT2D eigenvalue weighted by molar-refractivity contribution is 6.30. The van der Waals surface area contributed by atoms with E-state index in [2.05, 4.69) is 20.4 Å². The third-order valence-corrected chi connectivity index (χ3v) is 5.68. The minimum absolute atomic E-state index is 0.0540. The Kier molecular flexibility index (Phi) is 6.71. The molecule has 34 heavy (non-hydrogen) atoms. The van der Waals surface area contributed by atoms with E-state index in [9.17, 15) is 22.8 Å². The van der Waals surface area contributed by atoms with E-state index in [1.807, 2.05) is 0 Å². The van der Waals surface area contributed by atoms with Gasteiger partial charge in [0, 0.05) is 35.1 Å². The minimum Gasteiger partial charge on any atom is -0.370 e. The van der Waals surface area contributed by atoms with Crippen molar-refractivity contribution in [2.24, 2.45) is 5.10 Å². The lowest BCUT2D eigenvalue weighted by molar-refractivity contribution is -0.145. The summed E-state index contributed by atoms with van der Waals surface area (Å²) in [5.74, 6) is -1.47. The molecule has 180 valence electrons. The van der Waals surface area contributed by atoms with Crippen LogP contribution in [-0.4, -0.2) is 69.9 Å². The Morgan fingerprint density at radius 1 is 1.24 bits per heavy atom. The van der Waals surface area contributed by atoms with Gasteiger partial charge in [-0.05, 0) is 19.1 Å². The first-order chi connectivity index (χ1) is 16.1. The highest BCUT2D eigenvalue weighted by atomic mass is 35.5. The van der Waals surface area contributed by atoms with Crippen molar-refractivity contribution < 1.29 is 27.5 Å². The number of carbonyl (C=O) groups is 2. The van der Waals surface area contributed by atoms with Crippen LogP contribution in [0.3, 0.4) is 0 Å². The number of amides is 3. The van der Waals surface area contributed by atoms with Crippen LogP contribution in [0.5, 0.6) is 0 Å². The number of carbonyl (C=O) groups excluding carboxylic acids is 2. The van der Waals surface area contributed by atoms with Crippen LogP contribution in [0.2, 0.25) is 5.02 Å². The number of rotatable bonds is 4. The van der Waals surface area contributed by atoms with E-state index >= 15 is 0 Å². The first-order valence-corrected chi connectivity index (χ1v) is 10.7. The maximum Gasteiger partial charge on any atom is 0.451 e. The Bertz CT molecular complexity index is 1090. The zero-order chi connectivity index (χ0) is 24.5. The van der Waals surface area contributed by atoms with Crippen molar-refractivity contribution in [3.63, 3.8) is 0 Å². The Morgan fingerprint density at radius 3 is 2.53 bits per heavy atom. The first kappa shape index (κ1) is 23.9. The number of morpholine rings is 1. The van der Waals surface area contributed by atoms with Gasteiger partial charge in [0.1, 0.15) is 6.61 Å². The van der Waals surface area contributed by atoms with E-state index in [1.54, 1.807) is 36.1 Å². The van der Waals surface area contributed by atoms with Gasteiger partial charge in [-0.1, -0.05) is 23.7 Å². The summed E-state index contributed by atoms with van der Waals surface area (Å²) in [6.07, 6.45) is -2.62. The van der Waals surface area contributed by atoms with Gasteiger partial charge in [0.15, 0.2) is 0 Å². The maximum atomic E-state index is 12.9. The predicted molar refractivity (Wildman–Crippen MR) is 115 cm³/mol. The second-order valence-electron chi connectivity index (χ2n) is 7.74. The van der Waals surface area contributed by atoms with Gasteiger partial charge in [0.2, 0.25) is 11.7 Å². The molecular formula is C21H20ClF3N6O3. The fraction of sp³-hybridized carbons (Fsp3) is 0.381. The number of nitrogens with zero attached hydrogens (tertiary/aromatic N) is 5.